The van der Waals surface area contributed by atoms with Crippen molar-refractivity contribution < 1.29 is 4.79 Å². The minimum atomic E-state index is 0. The number of hydrogen-bond donors (Lipinski definition) is 1. The van der Waals surface area contributed by atoms with E-state index in [1.54, 1.807) is 0 Å². The molecule has 0 amide bonds. The van der Waals surface area contributed by atoms with E-state index in [0.29, 0.717) is 18.9 Å². The third-order valence-electron chi connectivity index (χ3n) is 2.89. The number of hydrogen-bond acceptors (Lipinski definition) is 2. The number of carbonyl (C=O) groups is 1. The van der Waals surface area contributed by atoms with Crippen molar-refractivity contribution >= 4 is 18.2 Å². The van der Waals surface area contributed by atoms with Crippen LogP contribution in [-0.2, 0) is 4.79 Å². The van der Waals surface area contributed by atoms with E-state index in [1.807, 2.05) is 6.92 Å². The number of allylic oxidation sites excluding steroid dienone is 3. The molecule has 78 valence electrons. The maximum absolute atomic E-state index is 11.6. The summed E-state index contributed by atoms with van der Waals surface area (Å²) in [6.45, 7) is 2.38. The van der Waals surface area contributed by atoms with Gasteiger partial charge in [0.25, 0.3) is 0 Å². The Morgan fingerprint density at radius 1 is 1.50 bits per heavy atom. The normalized spacial score (nSPS) is 21.9. The van der Waals surface area contributed by atoms with E-state index in [-0.39, 0.29) is 18.2 Å². The molecule has 14 heavy (non-hydrogen) atoms. The van der Waals surface area contributed by atoms with E-state index >= 15 is 0 Å². The third kappa shape index (κ3) is 2.07. The Morgan fingerprint density at radius 3 is 2.57 bits per heavy atom. The summed E-state index contributed by atoms with van der Waals surface area (Å²) in [6.07, 6.45) is 5.32. The lowest BCUT2D eigenvalue weighted by molar-refractivity contribution is -0.115. The van der Waals surface area contributed by atoms with Gasteiger partial charge in [-0.05, 0) is 31.3 Å². The topological polar surface area (TPSA) is 43.1 Å². The van der Waals surface area contributed by atoms with Crippen molar-refractivity contribution in [1.82, 2.24) is 0 Å². The molecule has 2 nitrogen and oxygen atoms in total. The summed E-state index contributed by atoms with van der Waals surface area (Å²) in [5, 5.41) is 0. The Hall–Kier alpha value is -0.600. The molecule has 0 aromatic carbocycles. The smallest absolute Gasteiger partial charge is 0.164 e. The first-order valence-corrected chi connectivity index (χ1v) is 4.86. The molecule has 0 bridgehead atoms. The second kappa shape index (κ2) is 4.28. The van der Waals surface area contributed by atoms with Gasteiger partial charge in [-0.3, -0.25) is 4.79 Å². The van der Waals surface area contributed by atoms with Gasteiger partial charge in [0.2, 0.25) is 0 Å². The first-order chi connectivity index (χ1) is 6.22. The summed E-state index contributed by atoms with van der Waals surface area (Å²) in [5.74, 6) is 0.947. The van der Waals surface area contributed by atoms with Crippen molar-refractivity contribution in [3.63, 3.8) is 0 Å². The van der Waals surface area contributed by atoms with Crippen LogP contribution < -0.4 is 5.73 Å². The van der Waals surface area contributed by atoms with E-state index in [9.17, 15) is 4.79 Å². The van der Waals surface area contributed by atoms with Crippen molar-refractivity contribution in [1.29, 1.82) is 0 Å². The minimum absolute atomic E-state index is 0. The summed E-state index contributed by atoms with van der Waals surface area (Å²) < 4.78 is 0. The standard InChI is InChI=1S/C11H15NO.ClH/c1-7-4-9(8-2-3-8)5-11(13)10(7)6-12;/h4,8H,2-3,5-6,12H2,1H3;1H. The first-order valence-electron chi connectivity index (χ1n) is 4.86. The number of halogens is 1. The van der Waals surface area contributed by atoms with Crippen molar-refractivity contribution in [2.24, 2.45) is 11.7 Å². The Labute approximate surface area is 90.7 Å². The van der Waals surface area contributed by atoms with Crippen LogP contribution >= 0.6 is 12.4 Å². The summed E-state index contributed by atoms with van der Waals surface area (Å²) in [4.78, 5) is 11.6. The van der Waals surface area contributed by atoms with Crippen LogP contribution in [0.25, 0.3) is 0 Å². The molecule has 2 rings (SSSR count). The second-order valence-corrected chi connectivity index (χ2v) is 3.96. The zero-order valence-electron chi connectivity index (χ0n) is 8.38. The first kappa shape index (κ1) is 11.5. The average Bonchev–Trinajstić information content (AvgIpc) is 2.85. The minimum Gasteiger partial charge on any atom is -0.326 e. The number of rotatable bonds is 2. The Bertz CT molecular complexity index is 313. The highest BCUT2D eigenvalue weighted by Gasteiger charge is 2.30. The summed E-state index contributed by atoms with van der Waals surface area (Å²) in [5.41, 5.74) is 8.75. The number of ketones is 1. The summed E-state index contributed by atoms with van der Waals surface area (Å²) >= 11 is 0. The van der Waals surface area contributed by atoms with Crippen LogP contribution in [0.4, 0.5) is 0 Å². The Morgan fingerprint density at radius 2 is 2.14 bits per heavy atom. The molecule has 2 aliphatic carbocycles. The van der Waals surface area contributed by atoms with Gasteiger partial charge in [-0.25, -0.2) is 0 Å². The molecule has 1 fully saturated rings. The van der Waals surface area contributed by atoms with Crippen LogP contribution in [0.1, 0.15) is 26.2 Å². The van der Waals surface area contributed by atoms with E-state index in [1.165, 1.54) is 18.4 Å². The van der Waals surface area contributed by atoms with Crippen molar-refractivity contribution in [3.05, 3.63) is 22.8 Å². The molecular weight excluding hydrogens is 198 g/mol. The molecular formula is C11H16ClNO. The number of carbonyl (C=O) groups excluding carboxylic acids is 1. The SMILES string of the molecule is CC1=C(CN)C(=O)CC(C2CC2)=C1.Cl. The maximum atomic E-state index is 11.6. The quantitative estimate of drug-likeness (QED) is 0.763. The lowest BCUT2D eigenvalue weighted by atomic mass is 9.90. The van der Waals surface area contributed by atoms with Gasteiger partial charge in [0.1, 0.15) is 0 Å². The predicted octanol–water partition coefficient (Wildman–Crippen LogP) is 1.99. The molecule has 2 N–H and O–H groups in total. The van der Waals surface area contributed by atoms with Crippen molar-refractivity contribution in [3.8, 4) is 0 Å². The fourth-order valence-electron chi connectivity index (χ4n) is 1.92. The highest BCUT2D eigenvalue weighted by molar-refractivity contribution is 5.99. The van der Waals surface area contributed by atoms with Crippen molar-refractivity contribution in [2.45, 2.75) is 26.2 Å². The zero-order chi connectivity index (χ0) is 9.42. The van der Waals surface area contributed by atoms with E-state index < -0.39 is 0 Å². The fourth-order valence-corrected chi connectivity index (χ4v) is 1.92. The van der Waals surface area contributed by atoms with Crippen LogP contribution in [0, 0.1) is 5.92 Å². The lowest BCUT2D eigenvalue weighted by Gasteiger charge is -2.15. The van der Waals surface area contributed by atoms with Gasteiger partial charge >= 0.3 is 0 Å². The van der Waals surface area contributed by atoms with Crippen LogP contribution in [-0.4, -0.2) is 12.3 Å². The molecule has 0 aliphatic heterocycles. The molecule has 0 aromatic heterocycles. The molecule has 0 saturated heterocycles. The molecule has 0 atom stereocenters. The number of nitrogens with two attached hydrogens (primary N) is 1. The van der Waals surface area contributed by atoms with Gasteiger partial charge < -0.3 is 5.73 Å². The third-order valence-corrected chi connectivity index (χ3v) is 2.89. The number of Topliss-reactive ketones (excluding diaryl/α,β-unsaturated/α-hetero) is 1. The largest absolute Gasteiger partial charge is 0.326 e. The van der Waals surface area contributed by atoms with Crippen LogP contribution in [0.15, 0.2) is 22.8 Å². The van der Waals surface area contributed by atoms with Gasteiger partial charge in [0, 0.05) is 18.5 Å². The summed E-state index contributed by atoms with van der Waals surface area (Å²) in [7, 11) is 0. The lowest BCUT2D eigenvalue weighted by Crippen LogP contribution is -2.18. The van der Waals surface area contributed by atoms with Gasteiger partial charge in [-0.15, -0.1) is 12.4 Å². The summed E-state index contributed by atoms with van der Waals surface area (Å²) in [6, 6.07) is 0. The maximum Gasteiger partial charge on any atom is 0.164 e. The molecule has 3 heteroatoms. The van der Waals surface area contributed by atoms with Gasteiger partial charge in [0.15, 0.2) is 5.78 Å². The molecule has 0 radical (unpaired) electrons. The predicted molar refractivity (Wildman–Crippen MR) is 59.4 cm³/mol. The van der Waals surface area contributed by atoms with Crippen molar-refractivity contribution in [2.75, 3.05) is 6.54 Å². The Kier molecular flexibility index (Phi) is 3.51. The molecule has 0 unspecified atom stereocenters. The molecule has 0 aromatic rings. The van der Waals surface area contributed by atoms with E-state index in [0.717, 1.165) is 11.1 Å². The highest BCUT2D eigenvalue weighted by atomic mass is 35.5. The molecule has 1 saturated carbocycles. The molecule has 0 spiro atoms. The average molecular weight is 214 g/mol. The van der Waals surface area contributed by atoms with Gasteiger partial charge in [-0.1, -0.05) is 11.6 Å². The van der Waals surface area contributed by atoms with E-state index in [4.69, 9.17) is 5.73 Å². The van der Waals surface area contributed by atoms with Crippen LogP contribution in [0.2, 0.25) is 0 Å². The van der Waals surface area contributed by atoms with E-state index in [2.05, 4.69) is 6.08 Å². The molecule has 2 aliphatic rings. The Balaban J connectivity index is 0.000000980. The molecule has 0 heterocycles. The van der Waals surface area contributed by atoms with Gasteiger partial charge in [-0.2, -0.15) is 0 Å². The highest BCUT2D eigenvalue weighted by Crippen LogP contribution is 2.40. The zero-order valence-corrected chi connectivity index (χ0v) is 9.19. The monoisotopic (exact) mass is 213 g/mol. The fraction of sp³-hybridized carbons (Fsp3) is 0.545. The van der Waals surface area contributed by atoms with Gasteiger partial charge in [0.05, 0.1) is 0 Å². The van der Waals surface area contributed by atoms with Crippen LogP contribution in [0.5, 0.6) is 0 Å². The van der Waals surface area contributed by atoms with Crippen LogP contribution in [0.3, 0.4) is 0 Å². The second-order valence-electron chi connectivity index (χ2n) is 3.96.